The van der Waals surface area contributed by atoms with Crippen molar-refractivity contribution in [2.24, 2.45) is 4.99 Å². The van der Waals surface area contributed by atoms with E-state index in [2.05, 4.69) is 4.99 Å². The maximum Gasteiger partial charge on any atom is 0.0912 e. The van der Waals surface area contributed by atoms with Gasteiger partial charge in [0.2, 0.25) is 0 Å². The van der Waals surface area contributed by atoms with Crippen LogP contribution in [0, 0.1) is 0 Å². The highest BCUT2D eigenvalue weighted by Crippen LogP contribution is 2.01. The van der Waals surface area contributed by atoms with Gasteiger partial charge >= 0.3 is 0 Å². The van der Waals surface area contributed by atoms with Crippen LogP contribution < -0.4 is 0 Å². The van der Waals surface area contributed by atoms with Gasteiger partial charge in [-0.15, -0.1) is 0 Å². The molecule has 8 heavy (non-hydrogen) atoms. The second kappa shape index (κ2) is 2.24. The molecule has 0 spiro atoms. The van der Waals surface area contributed by atoms with Crippen LogP contribution in [-0.2, 0) is 0 Å². The zero-order valence-corrected chi connectivity index (χ0v) is 4.49. The predicted octanol–water partition coefficient (Wildman–Crippen LogP) is -0.817. The minimum atomic E-state index is -0.529. The molecule has 0 fully saturated rings. The number of nitrogens with zero attached hydrogens (tertiary/aromatic N) is 1. The quantitative estimate of drug-likeness (QED) is 0.433. The number of aliphatic hydroxyl groups excluding tert-OH is 2. The van der Waals surface area contributed by atoms with E-state index in [0.717, 1.165) is 0 Å². The van der Waals surface area contributed by atoms with Gasteiger partial charge in [0.05, 0.1) is 18.8 Å². The van der Waals surface area contributed by atoms with Crippen molar-refractivity contribution >= 4 is 6.21 Å². The Morgan fingerprint density at radius 2 is 2.25 bits per heavy atom. The number of aliphatic hydroxyl groups is 2. The molecule has 0 aromatic rings. The van der Waals surface area contributed by atoms with Crippen LogP contribution in [0.15, 0.2) is 4.99 Å². The van der Waals surface area contributed by atoms with Crippen LogP contribution in [-0.4, -0.2) is 35.2 Å². The minimum Gasteiger partial charge on any atom is -0.391 e. The van der Waals surface area contributed by atoms with Crippen LogP contribution in [0.2, 0.25) is 0 Å². The molecule has 0 aromatic heterocycles. The first-order valence-corrected chi connectivity index (χ1v) is 2.65. The molecular weight excluding hydrogens is 106 g/mol. The fourth-order valence-corrected chi connectivity index (χ4v) is 0.718. The summed E-state index contributed by atoms with van der Waals surface area (Å²) in [5, 5.41) is 17.6. The first-order chi connectivity index (χ1) is 3.79. The Labute approximate surface area is 47.7 Å². The topological polar surface area (TPSA) is 52.8 Å². The Morgan fingerprint density at radius 3 is 2.62 bits per heavy atom. The molecule has 0 radical (unpaired) electrons. The first kappa shape index (κ1) is 5.72. The third-order valence-corrected chi connectivity index (χ3v) is 1.11. The average Bonchev–Trinajstić information content (AvgIpc) is 1.64. The highest BCUT2D eigenvalue weighted by molar-refractivity contribution is 5.63. The summed E-state index contributed by atoms with van der Waals surface area (Å²) in [7, 11) is 0. The molecule has 0 saturated carbocycles. The van der Waals surface area contributed by atoms with Gasteiger partial charge in [-0.3, -0.25) is 4.99 Å². The van der Waals surface area contributed by atoms with Crippen molar-refractivity contribution in [3.8, 4) is 0 Å². The Morgan fingerprint density at radius 1 is 1.50 bits per heavy atom. The summed E-state index contributed by atoms with van der Waals surface area (Å²) in [4.78, 5) is 3.71. The van der Waals surface area contributed by atoms with Gasteiger partial charge in [-0.25, -0.2) is 0 Å². The molecule has 0 amide bonds. The van der Waals surface area contributed by atoms with E-state index in [9.17, 15) is 0 Å². The molecule has 2 atom stereocenters. The third-order valence-electron chi connectivity index (χ3n) is 1.11. The van der Waals surface area contributed by atoms with Crippen LogP contribution in [0.3, 0.4) is 0 Å². The number of aliphatic imine (C=N–C) groups is 1. The lowest BCUT2D eigenvalue weighted by Crippen LogP contribution is -2.25. The van der Waals surface area contributed by atoms with Gasteiger partial charge in [0.25, 0.3) is 0 Å². The molecule has 1 rings (SSSR count). The summed E-state index contributed by atoms with van der Waals surface area (Å²) in [5.74, 6) is 0. The molecule has 0 aromatic carbocycles. The highest BCUT2D eigenvalue weighted by atomic mass is 16.3. The molecule has 0 saturated heterocycles. The third kappa shape index (κ3) is 1.28. The number of hydrogen-bond donors (Lipinski definition) is 2. The molecule has 2 N–H and O–H groups in total. The molecule has 3 heteroatoms. The highest BCUT2D eigenvalue weighted by Gasteiger charge is 2.12. The Hall–Kier alpha value is -0.410. The van der Waals surface area contributed by atoms with Crippen LogP contribution in [0.5, 0.6) is 0 Å². The summed E-state index contributed by atoms with van der Waals surface area (Å²) in [6, 6.07) is 0. The number of rotatable bonds is 0. The minimum absolute atomic E-state index is 0.434. The molecule has 0 aliphatic carbocycles. The van der Waals surface area contributed by atoms with Gasteiger partial charge in [0, 0.05) is 12.6 Å². The van der Waals surface area contributed by atoms with Gasteiger partial charge in [0.1, 0.15) is 0 Å². The second-order valence-electron chi connectivity index (χ2n) is 1.97. The molecule has 46 valence electrons. The van der Waals surface area contributed by atoms with E-state index in [4.69, 9.17) is 10.2 Å². The van der Waals surface area contributed by atoms with Crippen molar-refractivity contribution < 1.29 is 10.2 Å². The van der Waals surface area contributed by atoms with Gasteiger partial charge < -0.3 is 10.2 Å². The smallest absolute Gasteiger partial charge is 0.0912 e. The summed E-state index contributed by atoms with van der Waals surface area (Å²) < 4.78 is 0. The van der Waals surface area contributed by atoms with E-state index < -0.39 is 12.2 Å². The lowest BCUT2D eigenvalue weighted by molar-refractivity contribution is 0.112. The second-order valence-corrected chi connectivity index (χ2v) is 1.97. The predicted molar refractivity (Wildman–Crippen MR) is 30.0 cm³/mol. The van der Waals surface area contributed by atoms with Crippen molar-refractivity contribution in [2.45, 2.75) is 18.6 Å². The lowest BCUT2D eigenvalue weighted by Gasteiger charge is -2.14. The molecule has 1 aliphatic rings. The van der Waals surface area contributed by atoms with Crippen molar-refractivity contribution in [2.75, 3.05) is 6.54 Å². The van der Waals surface area contributed by atoms with E-state index in [1.54, 1.807) is 0 Å². The summed E-state index contributed by atoms with van der Waals surface area (Å²) in [6.07, 6.45) is 0.935. The maximum absolute atomic E-state index is 8.81. The molecule has 0 bridgehead atoms. The first-order valence-electron chi connectivity index (χ1n) is 2.65. The molecule has 1 heterocycles. The Balaban J connectivity index is 2.42. The fraction of sp³-hybridized carbons (Fsp3) is 0.800. The zero-order chi connectivity index (χ0) is 5.98. The van der Waals surface area contributed by atoms with Crippen LogP contribution in [0.4, 0.5) is 0 Å². The summed E-state index contributed by atoms with van der Waals surface area (Å²) in [6.45, 7) is 0.442. The maximum atomic E-state index is 8.81. The largest absolute Gasteiger partial charge is 0.391 e. The van der Waals surface area contributed by atoms with E-state index in [-0.39, 0.29) is 0 Å². The average molecular weight is 115 g/mol. The Bertz CT molecular complexity index is 103. The van der Waals surface area contributed by atoms with Gasteiger partial charge in [-0.1, -0.05) is 0 Å². The summed E-state index contributed by atoms with van der Waals surface area (Å²) >= 11 is 0. The molecule has 1 aliphatic heterocycles. The van der Waals surface area contributed by atoms with Crippen molar-refractivity contribution in [3.63, 3.8) is 0 Å². The monoisotopic (exact) mass is 115 g/mol. The van der Waals surface area contributed by atoms with E-state index in [0.29, 0.717) is 13.0 Å². The van der Waals surface area contributed by atoms with Crippen LogP contribution in [0.25, 0.3) is 0 Å². The standard InChI is InChI=1S/C5H9NO2/c7-4-1-5(8)3-6-2-4/h2,4-5,7-8H,1,3H2. The fourth-order valence-electron chi connectivity index (χ4n) is 0.718. The Kier molecular flexibility index (Phi) is 1.60. The van der Waals surface area contributed by atoms with Crippen molar-refractivity contribution in [1.82, 2.24) is 0 Å². The summed E-state index contributed by atoms with van der Waals surface area (Å²) in [5.41, 5.74) is 0. The van der Waals surface area contributed by atoms with E-state index in [1.807, 2.05) is 0 Å². The lowest BCUT2D eigenvalue weighted by atomic mass is 10.1. The molecular formula is C5H9NO2. The molecule has 2 unspecified atom stereocenters. The number of hydrogen-bond acceptors (Lipinski definition) is 3. The SMILES string of the molecule is OC1C=NCC(O)C1. The van der Waals surface area contributed by atoms with Crippen molar-refractivity contribution in [1.29, 1.82) is 0 Å². The van der Waals surface area contributed by atoms with E-state index in [1.165, 1.54) is 6.21 Å². The van der Waals surface area contributed by atoms with Crippen molar-refractivity contribution in [3.05, 3.63) is 0 Å². The molecule has 3 nitrogen and oxygen atoms in total. The van der Waals surface area contributed by atoms with Crippen LogP contribution >= 0.6 is 0 Å². The normalized spacial score (nSPS) is 37.8. The van der Waals surface area contributed by atoms with Gasteiger partial charge in [-0.2, -0.15) is 0 Å². The van der Waals surface area contributed by atoms with Crippen LogP contribution in [0.1, 0.15) is 6.42 Å². The van der Waals surface area contributed by atoms with Gasteiger partial charge in [-0.05, 0) is 0 Å². The van der Waals surface area contributed by atoms with Gasteiger partial charge in [0.15, 0.2) is 0 Å². The zero-order valence-electron chi connectivity index (χ0n) is 4.49. The van der Waals surface area contributed by atoms with E-state index >= 15 is 0 Å².